The SMILES string of the molecule is O=C(CSc1nc(-c2ccccc2)c(-c2ccccc2)n1-c1ccccc1)Nc1ccccc1. The van der Waals surface area contributed by atoms with Gasteiger partial charge in [-0.25, -0.2) is 4.98 Å². The number of hydrogen-bond donors (Lipinski definition) is 1. The van der Waals surface area contributed by atoms with Gasteiger partial charge in [0.1, 0.15) is 0 Å². The summed E-state index contributed by atoms with van der Waals surface area (Å²) in [5.41, 5.74) is 5.78. The third kappa shape index (κ3) is 4.80. The zero-order valence-corrected chi connectivity index (χ0v) is 19.3. The van der Waals surface area contributed by atoms with Crippen molar-refractivity contribution in [2.45, 2.75) is 5.16 Å². The molecular formula is C29H23N3OS. The highest BCUT2D eigenvalue weighted by atomic mass is 32.2. The van der Waals surface area contributed by atoms with Gasteiger partial charge >= 0.3 is 0 Å². The van der Waals surface area contributed by atoms with Crippen LogP contribution in [0.25, 0.3) is 28.2 Å². The normalized spacial score (nSPS) is 10.7. The topological polar surface area (TPSA) is 46.9 Å². The first-order chi connectivity index (χ1) is 16.8. The van der Waals surface area contributed by atoms with Gasteiger partial charge in [-0.05, 0) is 24.3 Å². The first kappa shape index (κ1) is 21.7. The number of nitrogens with one attached hydrogen (secondary N) is 1. The van der Waals surface area contributed by atoms with Gasteiger partial charge in [-0.3, -0.25) is 9.36 Å². The highest BCUT2D eigenvalue weighted by Gasteiger charge is 2.22. The van der Waals surface area contributed by atoms with Gasteiger partial charge in [-0.1, -0.05) is 109 Å². The molecule has 0 radical (unpaired) electrons. The third-order valence-electron chi connectivity index (χ3n) is 5.35. The second-order valence-electron chi connectivity index (χ2n) is 7.70. The van der Waals surface area contributed by atoms with E-state index in [2.05, 4.69) is 46.3 Å². The van der Waals surface area contributed by atoms with Crippen LogP contribution < -0.4 is 5.32 Å². The summed E-state index contributed by atoms with van der Waals surface area (Å²) in [4.78, 5) is 17.8. The minimum atomic E-state index is -0.0682. The lowest BCUT2D eigenvalue weighted by atomic mass is 10.0. The second kappa shape index (κ2) is 10.2. The molecule has 5 aromatic rings. The van der Waals surface area contributed by atoms with Gasteiger partial charge in [0.05, 0.1) is 17.1 Å². The number of anilines is 1. The van der Waals surface area contributed by atoms with E-state index in [-0.39, 0.29) is 11.7 Å². The molecule has 1 N–H and O–H groups in total. The van der Waals surface area contributed by atoms with Crippen LogP contribution in [-0.2, 0) is 4.79 Å². The molecule has 0 aliphatic rings. The largest absolute Gasteiger partial charge is 0.325 e. The number of thioether (sulfide) groups is 1. The van der Waals surface area contributed by atoms with Crippen LogP contribution in [0.15, 0.2) is 126 Å². The van der Waals surface area contributed by atoms with E-state index in [1.165, 1.54) is 11.8 Å². The molecule has 0 unspecified atom stereocenters. The van der Waals surface area contributed by atoms with Crippen molar-refractivity contribution in [1.82, 2.24) is 9.55 Å². The van der Waals surface area contributed by atoms with Gasteiger partial charge in [-0.2, -0.15) is 0 Å². The molecule has 1 heterocycles. The summed E-state index contributed by atoms with van der Waals surface area (Å²) in [6.07, 6.45) is 0. The molecular weight excluding hydrogens is 438 g/mol. The lowest BCUT2D eigenvalue weighted by molar-refractivity contribution is -0.113. The van der Waals surface area contributed by atoms with Gasteiger partial charge < -0.3 is 5.32 Å². The van der Waals surface area contributed by atoms with Gasteiger partial charge in [0.15, 0.2) is 5.16 Å². The fourth-order valence-electron chi connectivity index (χ4n) is 3.82. The number of amides is 1. The number of benzene rings is 4. The van der Waals surface area contributed by atoms with Gasteiger partial charge in [0, 0.05) is 22.5 Å². The summed E-state index contributed by atoms with van der Waals surface area (Å²) >= 11 is 1.43. The lowest BCUT2D eigenvalue weighted by Gasteiger charge is -2.13. The Balaban J connectivity index is 1.58. The van der Waals surface area contributed by atoms with Crippen LogP contribution in [0.5, 0.6) is 0 Å². The fraction of sp³-hybridized carbons (Fsp3) is 0.0345. The van der Waals surface area contributed by atoms with Crippen molar-refractivity contribution in [1.29, 1.82) is 0 Å². The molecule has 1 aromatic heterocycles. The Bertz CT molecular complexity index is 1370. The zero-order valence-electron chi connectivity index (χ0n) is 18.5. The molecule has 0 aliphatic carbocycles. The van der Waals surface area contributed by atoms with Crippen LogP contribution in [0.2, 0.25) is 0 Å². The third-order valence-corrected chi connectivity index (χ3v) is 6.28. The first-order valence-corrected chi connectivity index (χ1v) is 12.0. The molecule has 0 bridgehead atoms. The molecule has 166 valence electrons. The highest BCUT2D eigenvalue weighted by Crippen LogP contribution is 2.38. The van der Waals surface area contributed by atoms with Crippen molar-refractivity contribution in [2.24, 2.45) is 0 Å². The van der Waals surface area contributed by atoms with Gasteiger partial charge in [-0.15, -0.1) is 0 Å². The smallest absolute Gasteiger partial charge is 0.234 e. The standard InChI is InChI=1S/C29H23N3OS/c33-26(30-24-17-9-3-10-18-24)21-34-29-31-27(22-13-5-1-6-14-22)28(23-15-7-2-8-16-23)32(29)25-19-11-4-12-20-25/h1-20H,21H2,(H,30,33). The number of rotatable bonds is 7. The average molecular weight is 462 g/mol. The van der Waals surface area contributed by atoms with Crippen LogP contribution >= 0.6 is 11.8 Å². The molecule has 0 atom stereocenters. The molecule has 0 saturated carbocycles. The lowest BCUT2D eigenvalue weighted by Crippen LogP contribution is -2.14. The average Bonchev–Trinajstić information content (AvgIpc) is 3.29. The number of carbonyl (C=O) groups excluding carboxylic acids is 1. The minimum Gasteiger partial charge on any atom is -0.325 e. The first-order valence-electron chi connectivity index (χ1n) is 11.1. The van der Waals surface area contributed by atoms with Crippen molar-refractivity contribution in [3.63, 3.8) is 0 Å². The van der Waals surface area contributed by atoms with E-state index in [4.69, 9.17) is 4.98 Å². The van der Waals surface area contributed by atoms with Crippen LogP contribution in [0.4, 0.5) is 5.69 Å². The number of hydrogen-bond acceptors (Lipinski definition) is 3. The van der Waals surface area contributed by atoms with Crippen molar-refractivity contribution in [2.75, 3.05) is 11.1 Å². The zero-order chi connectivity index (χ0) is 23.2. The summed E-state index contributed by atoms with van der Waals surface area (Å²) < 4.78 is 2.15. The summed E-state index contributed by atoms with van der Waals surface area (Å²) in [5.74, 6) is 0.183. The molecule has 0 saturated heterocycles. The van der Waals surface area contributed by atoms with Crippen LogP contribution in [-0.4, -0.2) is 21.2 Å². The van der Waals surface area contributed by atoms with Gasteiger partial charge in [0.2, 0.25) is 5.91 Å². The van der Waals surface area contributed by atoms with Crippen molar-refractivity contribution in [3.05, 3.63) is 121 Å². The fourth-order valence-corrected chi connectivity index (χ4v) is 4.64. The van der Waals surface area contributed by atoms with E-state index in [0.717, 1.165) is 39.0 Å². The number of nitrogens with zero attached hydrogens (tertiary/aromatic N) is 2. The maximum absolute atomic E-state index is 12.7. The molecule has 1 amide bonds. The Labute approximate surface area is 203 Å². The van der Waals surface area contributed by atoms with E-state index in [1.807, 2.05) is 84.9 Å². The molecule has 4 aromatic carbocycles. The summed E-state index contributed by atoms with van der Waals surface area (Å²) in [6, 6.07) is 40.1. The van der Waals surface area contributed by atoms with E-state index >= 15 is 0 Å². The monoisotopic (exact) mass is 461 g/mol. The Morgan fingerprint density at radius 3 is 1.85 bits per heavy atom. The summed E-state index contributed by atoms with van der Waals surface area (Å²) in [5, 5.41) is 3.73. The molecule has 0 fully saturated rings. The summed E-state index contributed by atoms with van der Waals surface area (Å²) in [7, 11) is 0. The Kier molecular flexibility index (Phi) is 6.54. The highest BCUT2D eigenvalue weighted by molar-refractivity contribution is 7.99. The quantitative estimate of drug-likeness (QED) is 0.267. The summed E-state index contributed by atoms with van der Waals surface area (Å²) in [6.45, 7) is 0. The van der Waals surface area contributed by atoms with E-state index in [9.17, 15) is 4.79 Å². The molecule has 34 heavy (non-hydrogen) atoms. The predicted octanol–water partition coefficient (Wildman–Crippen LogP) is 6.94. The van der Waals surface area contributed by atoms with Crippen molar-refractivity contribution >= 4 is 23.4 Å². The molecule has 0 aliphatic heterocycles. The maximum Gasteiger partial charge on any atom is 0.234 e. The predicted molar refractivity (Wildman–Crippen MR) is 140 cm³/mol. The number of para-hydroxylation sites is 2. The van der Waals surface area contributed by atoms with E-state index in [0.29, 0.717) is 0 Å². The minimum absolute atomic E-state index is 0.0682. The van der Waals surface area contributed by atoms with Crippen LogP contribution in [0, 0.1) is 0 Å². The molecule has 4 nitrogen and oxygen atoms in total. The number of aromatic nitrogens is 2. The Morgan fingerprint density at radius 2 is 1.24 bits per heavy atom. The number of imidazole rings is 1. The maximum atomic E-state index is 12.7. The molecule has 5 heteroatoms. The van der Waals surface area contributed by atoms with Crippen LogP contribution in [0.1, 0.15) is 0 Å². The van der Waals surface area contributed by atoms with Crippen molar-refractivity contribution < 1.29 is 4.79 Å². The van der Waals surface area contributed by atoms with E-state index < -0.39 is 0 Å². The second-order valence-corrected chi connectivity index (χ2v) is 8.64. The Morgan fingerprint density at radius 1 is 0.706 bits per heavy atom. The number of carbonyl (C=O) groups is 1. The molecule has 0 spiro atoms. The van der Waals surface area contributed by atoms with Crippen molar-refractivity contribution in [3.8, 4) is 28.2 Å². The van der Waals surface area contributed by atoms with Crippen LogP contribution in [0.3, 0.4) is 0 Å². The van der Waals surface area contributed by atoms with Gasteiger partial charge in [0.25, 0.3) is 0 Å². The van der Waals surface area contributed by atoms with E-state index in [1.54, 1.807) is 0 Å². The molecule has 5 rings (SSSR count). The Hall–Kier alpha value is -4.09.